The summed E-state index contributed by atoms with van der Waals surface area (Å²) in [5.41, 5.74) is 0.125. The number of para-hydroxylation sites is 1. The Morgan fingerprint density at radius 1 is 1.21 bits per heavy atom. The molecule has 0 saturated heterocycles. The summed E-state index contributed by atoms with van der Waals surface area (Å²) < 4.78 is 37.4. The van der Waals surface area contributed by atoms with Crippen molar-refractivity contribution in [1.29, 1.82) is 0 Å². The van der Waals surface area contributed by atoms with Crippen LogP contribution >= 0.6 is 0 Å². The summed E-state index contributed by atoms with van der Waals surface area (Å²) in [5, 5.41) is 0. The second-order valence-corrected chi connectivity index (χ2v) is 2.70. The van der Waals surface area contributed by atoms with E-state index in [4.69, 9.17) is 0 Å². The molecular formula is C10H10F3N. The van der Waals surface area contributed by atoms with E-state index in [9.17, 15) is 13.2 Å². The Kier molecular flexibility index (Phi) is 3.17. The maximum absolute atomic E-state index is 12.5. The Labute approximate surface area is 80.5 Å². The second kappa shape index (κ2) is 4.17. The highest BCUT2D eigenvalue weighted by atomic mass is 19.4. The number of nitrogens with zero attached hydrogens (tertiary/aromatic N) is 1. The molecular weight excluding hydrogens is 191 g/mol. The molecule has 0 amide bonds. The summed E-state index contributed by atoms with van der Waals surface area (Å²) in [6.45, 7) is 3.06. The van der Waals surface area contributed by atoms with Gasteiger partial charge in [-0.05, 0) is 12.1 Å². The molecule has 1 aromatic carbocycles. The Bertz CT molecular complexity index is 292. The third-order valence-electron chi connectivity index (χ3n) is 1.69. The van der Waals surface area contributed by atoms with Gasteiger partial charge in [-0.1, -0.05) is 24.3 Å². The van der Waals surface area contributed by atoms with Crippen molar-refractivity contribution in [3.63, 3.8) is 0 Å². The Balaban J connectivity index is 2.95. The lowest BCUT2D eigenvalue weighted by atomic mass is 10.3. The maximum atomic E-state index is 12.5. The van der Waals surface area contributed by atoms with E-state index < -0.39 is 6.30 Å². The minimum atomic E-state index is -4.37. The van der Waals surface area contributed by atoms with Crippen LogP contribution in [0.5, 0.6) is 0 Å². The minimum absolute atomic E-state index is 0.125. The van der Waals surface area contributed by atoms with Gasteiger partial charge in [-0.3, -0.25) is 4.90 Å². The topological polar surface area (TPSA) is 3.24 Å². The molecule has 0 aromatic heterocycles. The van der Waals surface area contributed by atoms with Crippen LogP contribution in [0.4, 0.5) is 18.9 Å². The van der Waals surface area contributed by atoms with Gasteiger partial charge in [0.15, 0.2) is 0 Å². The molecule has 0 saturated carbocycles. The summed E-state index contributed by atoms with van der Waals surface area (Å²) in [4.78, 5) is 0.333. The van der Waals surface area contributed by atoms with E-state index in [0.717, 1.165) is 0 Å². The number of halogens is 3. The lowest BCUT2D eigenvalue weighted by Gasteiger charge is -2.25. The zero-order chi connectivity index (χ0) is 10.6. The molecule has 0 unspecified atom stereocenters. The lowest BCUT2D eigenvalue weighted by molar-refractivity contribution is -0.127. The van der Waals surface area contributed by atoms with Crippen molar-refractivity contribution >= 4 is 5.69 Å². The van der Waals surface area contributed by atoms with Crippen LogP contribution in [0.2, 0.25) is 0 Å². The highest BCUT2D eigenvalue weighted by Gasteiger charge is 2.36. The molecule has 0 heterocycles. The Hall–Kier alpha value is -1.45. The van der Waals surface area contributed by atoms with Gasteiger partial charge < -0.3 is 0 Å². The van der Waals surface area contributed by atoms with E-state index in [-0.39, 0.29) is 12.2 Å². The number of benzene rings is 1. The van der Waals surface area contributed by atoms with Gasteiger partial charge in [-0.2, -0.15) is 13.2 Å². The largest absolute Gasteiger partial charge is 0.485 e. The fourth-order valence-corrected chi connectivity index (χ4v) is 1.09. The number of alkyl halides is 3. The molecule has 0 spiro atoms. The first kappa shape index (κ1) is 10.6. The summed E-state index contributed by atoms with van der Waals surface area (Å²) >= 11 is 0. The van der Waals surface area contributed by atoms with Crippen LogP contribution in [0.25, 0.3) is 0 Å². The maximum Gasteiger partial charge on any atom is 0.485 e. The van der Waals surface area contributed by atoms with E-state index in [2.05, 4.69) is 6.58 Å². The first-order valence-electron chi connectivity index (χ1n) is 4.06. The van der Waals surface area contributed by atoms with Gasteiger partial charge in [0.05, 0.1) is 0 Å². The quantitative estimate of drug-likeness (QED) is 0.536. The van der Waals surface area contributed by atoms with Crippen LogP contribution in [0.1, 0.15) is 0 Å². The summed E-state index contributed by atoms with van der Waals surface area (Å²) in [7, 11) is 0. The average Bonchev–Trinajstić information content (AvgIpc) is 2.14. The molecule has 0 radical (unpaired) electrons. The number of anilines is 1. The van der Waals surface area contributed by atoms with Gasteiger partial charge >= 0.3 is 6.30 Å². The number of rotatable bonds is 3. The predicted octanol–water partition coefficient (Wildman–Crippen LogP) is 3.20. The normalized spacial score (nSPS) is 11.1. The number of hydrogen-bond acceptors (Lipinski definition) is 1. The molecule has 1 aromatic rings. The molecule has 0 aliphatic carbocycles. The van der Waals surface area contributed by atoms with Gasteiger partial charge in [0.2, 0.25) is 0 Å². The summed E-state index contributed by atoms with van der Waals surface area (Å²) in [6.07, 6.45) is -3.14. The fraction of sp³-hybridized carbons (Fsp3) is 0.200. The van der Waals surface area contributed by atoms with Crippen molar-refractivity contribution in [1.82, 2.24) is 0 Å². The molecule has 4 heteroatoms. The summed E-state index contributed by atoms with van der Waals surface area (Å²) in [6, 6.07) is 7.63. The van der Waals surface area contributed by atoms with E-state index >= 15 is 0 Å². The van der Waals surface area contributed by atoms with Crippen molar-refractivity contribution in [2.24, 2.45) is 0 Å². The summed E-state index contributed by atoms with van der Waals surface area (Å²) in [5.74, 6) is 0. The highest BCUT2D eigenvalue weighted by molar-refractivity contribution is 5.47. The first-order valence-corrected chi connectivity index (χ1v) is 4.06. The van der Waals surface area contributed by atoms with Gasteiger partial charge in [0.1, 0.15) is 0 Å². The van der Waals surface area contributed by atoms with E-state index in [1.165, 1.54) is 18.2 Å². The third kappa shape index (κ3) is 2.52. The molecule has 0 aliphatic rings. The standard InChI is InChI=1S/C10H10F3N/c1-2-8-14(10(11,12)13)9-6-4-3-5-7-9/h2-7H,1,8H2. The van der Waals surface area contributed by atoms with Gasteiger partial charge in [0.25, 0.3) is 0 Å². The van der Waals surface area contributed by atoms with Crippen LogP contribution in [-0.2, 0) is 0 Å². The minimum Gasteiger partial charge on any atom is -0.280 e. The molecule has 0 fully saturated rings. The van der Waals surface area contributed by atoms with Crippen molar-refractivity contribution in [2.45, 2.75) is 6.30 Å². The van der Waals surface area contributed by atoms with E-state index in [0.29, 0.717) is 4.90 Å². The molecule has 1 nitrogen and oxygen atoms in total. The number of hydrogen-bond donors (Lipinski definition) is 0. The first-order chi connectivity index (χ1) is 6.55. The Morgan fingerprint density at radius 2 is 1.79 bits per heavy atom. The van der Waals surface area contributed by atoms with Crippen molar-refractivity contribution in [3.8, 4) is 0 Å². The smallest absolute Gasteiger partial charge is 0.280 e. The van der Waals surface area contributed by atoms with Crippen LogP contribution < -0.4 is 4.90 Å². The van der Waals surface area contributed by atoms with E-state index in [1.807, 2.05) is 0 Å². The molecule has 0 atom stereocenters. The van der Waals surface area contributed by atoms with Gasteiger partial charge in [0, 0.05) is 12.2 Å². The molecule has 76 valence electrons. The van der Waals surface area contributed by atoms with Crippen molar-refractivity contribution in [3.05, 3.63) is 43.0 Å². The average molecular weight is 201 g/mol. The van der Waals surface area contributed by atoms with Crippen molar-refractivity contribution < 1.29 is 13.2 Å². The van der Waals surface area contributed by atoms with Crippen LogP contribution in [0.15, 0.2) is 43.0 Å². The highest BCUT2D eigenvalue weighted by Crippen LogP contribution is 2.27. The van der Waals surface area contributed by atoms with Gasteiger partial charge in [-0.15, -0.1) is 6.58 Å². The Morgan fingerprint density at radius 3 is 2.21 bits per heavy atom. The molecule has 14 heavy (non-hydrogen) atoms. The predicted molar refractivity (Wildman–Crippen MR) is 50.0 cm³/mol. The zero-order valence-electron chi connectivity index (χ0n) is 7.46. The SMILES string of the molecule is C=CCN(c1ccccc1)C(F)(F)F. The van der Waals surface area contributed by atoms with Gasteiger partial charge in [-0.25, -0.2) is 0 Å². The monoisotopic (exact) mass is 201 g/mol. The lowest BCUT2D eigenvalue weighted by Crippen LogP contribution is -2.38. The van der Waals surface area contributed by atoms with Crippen molar-refractivity contribution in [2.75, 3.05) is 11.4 Å². The van der Waals surface area contributed by atoms with Crippen LogP contribution in [-0.4, -0.2) is 12.8 Å². The fourth-order valence-electron chi connectivity index (χ4n) is 1.09. The zero-order valence-corrected chi connectivity index (χ0v) is 7.46. The molecule has 1 rings (SSSR count). The molecule has 0 bridgehead atoms. The van der Waals surface area contributed by atoms with E-state index in [1.54, 1.807) is 18.2 Å². The van der Waals surface area contributed by atoms with Crippen LogP contribution in [0.3, 0.4) is 0 Å². The molecule has 0 aliphatic heterocycles. The third-order valence-corrected chi connectivity index (χ3v) is 1.69. The van der Waals surface area contributed by atoms with Crippen LogP contribution in [0, 0.1) is 0 Å². The molecule has 0 N–H and O–H groups in total. The second-order valence-electron chi connectivity index (χ2n) is 2.70.